The summed E-state index contributed by atoms with van der Waals surface area (Å²) in [5, 5.41) is 54.2. The van der Waals surface area contributed by atoms with Crippen molar-refractivity contribution in [3.05, 3.63) is 60.8 Å². The van der Waals surface area contributed by atoms with E-state index in [1.165, 1.54) is 173 Å². The van der Waals surface area contributed by atoms with Gasteiger partial charge in [-0.05, 0) is 70.6 Å². The third-order valence-corrected chi connectivity index (χ3v) is 13.3. The molecule has 0 aromatic rings. The molecular formula is C59H107NO8. The molecule has 0 aliphatic carbocycles. The molecule has 9 nitrogen and oxygen atoms in total. The second-order valence-corrected chi connectivity index (χ2v) is 19.7. The molecule has 1 rings (SSSR count). The van der Waals surface area contributed by atoms with Crippen LogP contribution in [0.5, 0.6) is 0 Å². The van der Waals surface area contributed by atoms with Crippen molar-refractivity contribution in [1.82, 2.24) is 5.32 Å². The van der Waals surface area contributed by atoms with Gasteiger partial charge >= 0.3 is 0 Å². The Morgan fingerprint density at radius 1 is 0.515 bits per heavy atom. The zero-order chi connectivity index (χ0) is 49.4. The molecule has 1 heterocycles. The van der Waals surface area contributed by atoms with Gasteiger partial charge < -0.3 is 40.3 Å². The zero-order valence-corrected chi connectivity index (χ0v) is 43.9. The predicted octanol–water partition coefficient (Wildman–Crippen LogP) is 13.9. The molecule has 0 spiro atoms. The van der Waals surface area contributed by atoms with Crippen LogP contribution in [0.15, 0.2) is 60.8 Å². The number of rotatable bonds is 48. The van der Waals surface area contributed by atoms with Crippen LogP contribution in [-0.2, 0) is 14.3 Å². The normalized spacial score (nSPS) is 20.0. The molecule has 0 aromatic heterocycles. The molecule has 0 radical (unpaired) electrons. The van der Waals surface area contributed by atoms with Crippen molar-refractivity contribution in [1.29, 1.82) is 0 Å². The van der Waals surface area contributed by atoms with E-state index in [0.29, 0.717) is 6.42 Å². The number of hydrogen-bond acceptors (Lipinski definition) is 8. The monoisotopic (exact) mass is 958 g/mol. The van der Waals surface area contributed by atoms with Gasteiger partial charge in [0, 0.05) is 6.42 Å². The molecule has 6 N–H and O–H groups in total. The van der Waals surface area contributed by atoms with E-state index in [4.69, 9.17) is 9.47 Å². The minimum atomic E-state index is -1.57. The Morgan fingerprint density at radius 3 is 1.38 bits per heavy atom. The number of aliphatic hydroxyl groups is 5. The van der Waals surface area contributed by atoms with Gasteiger partial charge in [-0.25, -0.2) is 0 Å². The largest absolute Gasteiger partial charge is 0.394 e. The molecule has 1 amide bonds. The highest BCUT2D eigenvalue weighted by molar-refractivity contribution is 5.76. The lowest BCUT2D eigenvalue weighted by Crippen LogP contribution is -2.60. The van der Waals surface area contributed by atoms with E-state index in [1.807, 2.05) is 6.08 Å². The molecule has 68 heavy (non-hydrogen) atoms. The smallest absolute Gasteiger partial charge is 0.220 e. The van der Waals surface area contributed by atoms with Crippen molar-refractivity contribution >= 4 is 5.91 Å². The molecule has 1 aliphatic heterocycles. The molecule has 0 aromatic carbocycles. The van der Waals surface area contributed by atoms with E-state index in [0.717, 1.165) is 57.8 Å². The molecule has 0 bridgehead atoms. The second-order valence-electron chi connectivity index (χ2n) is 19.7. The first-order chi connectivity index (χ1) is 33.3. The van der Waals surface area contributed by atoms with Crippen LogP contribution in [0.25, 0.3) is 0 Å². The maximum atomic E-state index is 13.0. The van der Waals surface area contributed by atoms with Crippen LogP contribution >= 0.6 is 0 Å². The van der Waals surface area contributed by atoms with Gasteiger partial charge in [0.25, 0.3) is 0 Å². The van der Waals surface area contributed by atoms with Crippen LogP contribution in [0, 0.1) is 0 Å². The summed E-state index contributed by atoms with van der Waals surface area (Å²) in [5.74, 6) is -0.193. The molecule has 9 heteroatoms. The Labute approximate surface area is 417 Å². The number of carbonyl (C=O) groups is 1. The average molecular weight is 959 g/mol. The number of aliphatic hydroxyl groups excluding tert-OH is 5. The maximum Gasteiger partial charge on any atom is 0.220 e. The summed E-state index contributed by atoms with van der Waals surface area (Å²) < 4.78 is 11.2. The summed E-state index contributed by atoms with van der Waals surface area (Å²) >= 11 is 0. The number of hydrogen-bond donors (Lipinski definition) is 6. The molecule has 1 fully saturated rings. The fourth-order valence-electron chi connectivity index (χ4n) is 8.82. The molecule has 0 saturated carbocycles. The molecule has 1 saturated heterocycles. The fourth-order valence-corrected chi connectivity index (χ4v) is 8.82. The zero-order valence-electron chi connectivity index (χ0n) is 43.9. The average Bonchev–Trinajstić information content (AvgIpc) is 3.34. The summed E-state index contributed by atoms with van der Waals surface area (Å²) in [6, 6.07) is -0.827. The Bertz CT molecular complexity index is 1250. The Kier molecular flexibility index (Phi) is 45.6. The van der Waals surface area contributed by atoms with E-state index >= 15 is 0 Å². The molecule has 7 atom stereocenters. The van der Waals surface area contributed by atoms with Gasteiger partial charge in [-0.3, -0.25) is 4.79 Å². The number of allylic oxidation sites excluding steroid dienone is 9. The highest BCUT2D eigenvalue weighted by Crippen LogP contribution is 2.23. The summed E-state index contributed by atoms with van der Waals surface area (Å²) in [4.78, 5) is 13.0. The third-order valence-electron chi connectivity index (χ3n) is 13.3. The molecule has 7 unspecified atom stereocenters. The highest BCUT2D eigenvalue weighted by Gasteiger charge is 2.44. The van der Waals surface area contributed by atoms with Crippen molar-refractivity contribution in [3.8, 4) is 0 Å². The molecular weight excluding hydrogens is 851 g/mol. The third kappa shape index (κ3) is 37.7. The van der Waals surface area contributed by atoms with Crippen LogP contribution < -0.4 is 5.32 Å². The van der Waals surface area contributed by atoms with Gasteiger partial charge in [-0.1, -0.05) is 235 Å². The van der Waals surface area contributed by atoms with Gasteiger partial charge in [-0.2, -0.15) is 0 Å². The van der Waals surface area contributed by atoms with E-state index in [9.17, 15) is 30.3 Å². The standard InChI is InChI=1S/C59H107NO8/c1-3-5-7-9-11-13-15-16-17-18-19-20-21-22-23-24-25-26-27-28-29-30-31-32-33-34-35-36-37-38-39-41-43-45-47-49-55(63)60-52(51-67-59-58(66)57(65)56(64)54(50-61)68-59)53(62)48-46-44-42-40-14-12-10-8-6-4-2/h6,8,14,21-22,24-25,40,46,48,52-54,56-59,61-62,64-66H,3-5,7,9-13,15-20,23,26-39,41-45,47,49-51H2,1-2H3,(H,60,63)/b8-6+,22-21-,25-24-,40-14+,48-46+. The van der Waals surface area contributed by atoms with Crippen LogP contribution in [0.4, 0.5) is 0 Å². The minimum Gasteiger partial charge on any atom is -0.394 e. The number of ether oxygens (including phenoxy) is 2. The van der Waals surface area contributed by atoms with Gasteiger partial charge in [0.05, 0.1) is 25.4 Å². The molecule has 396 valence electrons. The van der Waals surface area contributed by atoms with Crippen LogP contribution in [0.2, 0.25) is 0 Å². The lowest BCUT2D eigenvalue weighted by molar-refractivity contribution is -0.302. The lowest BCUT2D eigenvalue weighted by atomic mass is 9.99. The van der Waals surface area contributed by atoms with E-state index in [1.54, 1.807) is 6.08 Å². The van der Waals surface area contributed by atoms with Crippen molar-refractivity contribution < 1.29 is 39.8 Å². The van der Waals surface area contributed by atoms with Crippen LogP contribution in [0.1, 0.15) is 251 Å². The highest BCUT2D eigenvalue weighted by atomic mass is 16.7. The first-order valence-electron chi connectivity index (χ1n) is 28.5. The van der Waals surface area contributed by atoms with Gasteiger partial charge in [0.1, 0.15) is 24.4 Å². The van der Waals surface area contributed by atoms with Crippen LogP contribution in [0.3, 0.4) is 0 Å². The van der Waals surface area contributed by atoms with Crippen molar-refractivity contribution in [2.24, 2.45) is 0 Å². The summed E-state index contributed by atoms with van der Waals surface area (Å²) in [6.07, 6.45) is 59.0. The van der Waals surface area contributed by atoms with E-state index < -0.39 is 49.5 Å². The lowest BCUT2D eigenvalue weighted by Gasteiger charge is -2.40. The number of nitrogens with one attached hydrogen (secondary N) is 1. The van der Waals surface area contributed by atoms with Crippen molar-refractivity contribution in [2.75, 3.05) is 13.2 Å². The quantitative estimate of drug-likeness (QED) is 0.0261. The summed E-state index contributed by atoms with van der Waals surface area (Å²) in [5.41, 5.74) is 0. The SMILES string of the molecule is CC/C=C/CC/C=C/CC/C=C/C(O)C(COC1OC(CO)C(O)C(O)C1O)NC(=O)CCCCCCCCCCCCCCCCCCC/C=C\C/C=C\CCCCCCCCCCCCC. The van der Waals surface area contributed by atoms with Gasteiger partial charge in [0.15, 0.2) is 6.29 Å². The number of amides is 1. The first kappa shape index (κ1) is 63.9. The predicted molar refractivity (Wildman–Crippen MR) is 286 cm³/mol. The van der Waals surface area contributed by atoms with Crippen molar-refractivity contribution in [2.45, 2.75) is 294 Å². The minimum absolute atomic E-state index is 0.193. The second kappa shape index (κ2) is 48.5. The first-order valence-corrected chi connectivity index (χ1v) is 28.5. The van der Waals surface area contributed by atoms with Gasteiger partial charge in [-0.15, -0.1) is 0 Å². The molecule has 1 aliphatic rings. The summed E-state index contributed by atoms with van der Waals surface area (Å²) in [7, 11) is 0. The Hall–Kier alpha value is -2.11. The topological polar surface area (TPSA) is 149 Å². The number of unbranched alkanes of at least 4 members (excludes halogenated alkanes) is 30. The number of carbonyl (C=O) groups excluding carboxylic acids is 1. The van der Waals surface area contributed by atoms with E-state index in [-0.39, 0.29) is 12.5 Å². The fraction of sp³-hybridized carbons (Fsp3) is 0.814. The summed E-state index contributed by atoms with van der Waals surface area (Å²) in [6.45, 7) is 3.63. The Morgan fingerprint density at radius 2 is 0.926 bits per heavy atom. The Balaban J connectivity index is 2.07. The van der Waals surface area contributed by atoms with Crippen molar-refractivity contribution in [3.63, 3.8) is 0 Å². The van der Waals surface area contributed by atoms with E-state index in [2.05, 4.69) is 67.8 Å². The maximum absolute atomic E-state index is 13.0. The van der Waals surface area contributed by atoms with Gasteiger partial charge in [0.2, 0.25) is 5.91 Å². The van der Waals surface area contributed by atoms with Crippen LogP contribution in [-0.4, -0.2) is 87.5 Å².